The van der Waals surface area contributed by atoms with Crippen LogP contribution in [0.2, 0.25) is 0 Å². The first-order valence-corrected chi connectivity index (χ1v) is 6.72. The number of anilines is 1. The van der Waals surface area contributed by atoms with Crippen LogP contribution in [0.15, 0.2) is 18.2 Å². The monoisotopic (exact) mass is 346 g/mol. The zero-order valence-corrected chi connectivity index (χ0v) is 12.7. The van der Waals surface area contributed by atoms with Crippen molar-refractivity contribution in [2.45, 2.75) is 6.10 Å². The molecule has 130 valence electrons. The van der Waals surface area contributed by atoms with Gasteiger partial charge in [0.15, 0.2) is 0 Å². The summed E-state index contributed by atoms with van der Waals surface area (Å²) in [4.78, 5) is 2.45. The number of aliphatic hydroxyl groups excluding tert-OH is 1. The highest BCUT2D eigenvalue weighted by atomic mass is 19.2. The van der Waals surface area contributed by atoms with Crippen LogP contribution in [0.25, 0.3) is 0 Å². The molecule has 1 aromatic carbocycles. The number of hydrogen-bond donors (Lipinski definition) is 2. The number of pyridine rings is 1. The number of hydrogen-bond acceptors (Lipinski definition) is 5. The van der Waals surface area contributed by atoms with E-state index >= 15 is 0 Å². The van der Waals surface area contributed by atoms with E-state index in [1.807, 2.05) is 0 Å². The quantitative estimate of drug-likeness (QED) is 0.622. The van der Waals surface area contributed by atoms with Crippen molar-refractivity contribution in [1.29, 1.82) is 0 Å². The lowest BCUT2D eigenvalue weighted by molar-refractivity contribution is 0.186. The second kappa shape index (κ2) is 7.35. The molecule has 0 bridgehead atoms. The number of nitrogens with one attached hydrogen (secondary N) is 1. The summed E-state index contributed by atoms with van der Waals surface area (Å²) in [5.74, 6) is -6.21. The Hall–Kier alpha value is -2.55. The van der Waals surface area contributed by atoms with Gasteiger partial charge < -0.3 is 19.9 Å². The van der Waals surface area contributed by atoms with Gasteiger partial charge in [-0.15, -0.1) is 0 Å². The highest BCUT2D eigenvalue weighted by Crippen LogP contribution is 2.30. The van der Waals surface area contributed by atoms with Crippen molar-refractivity contribution in [2.75, 3.05) is 26.1 Å². The summed E-state index contributed by atoms with van der Waals surface area (Å²) in [6.45, 7) is -0.444. The topological polar surface area (TPSA) is 63.6 Å². The fourth-order valence-corrected chi connectivity index (χ4v) is 2.05. The van der Waals surface area contributed by atoms with E-state index in [2.05, 4.69) is 10.3 Å². The molecule has 0 aliphatic carbocycles. The summed E-state index contributed by atoms with van der Waals surface area (Å²) in [7, 11) is 2.79. The lowest BCUT2D eigenvalue weighted by Crippen LogP contribution is -2.16. The van der Waals surface area contributed by atoms with Gasteiger partial charge in [-0.05, 0) is 18.2 Å². The number of nitrogens with zero attached hydrogens (tertiary/aromatic N) is 1. The molecule has 0 fully saturated rings. The molecule has 24 heavy (non-hydrogen) atoms. The number of aliphatic hydroxyl groups is 1. The van der Waals surface area contributed by atoms with E-state index in [-0.39, 0.29) is 5.56 Å². The molecule has 0 saturated carbocycles. The molecule has 0 spiro atoms. The van der Waals surface area contributed by atoms with E-state index in [1.54, 1.807) is 6.07 Å². The molecular formula is C15H14F4N2O3. The third-order valence-corrected chi connectivity index (χ3v) is 3.27. The van der Waals surface area contributed by atoms with Crippen LogP contribution in [0, 0.1) is 23.5 Å². The standard InChI is InChI=1S/C15H14F4N2O3/c1-23-7-3-4-10(24-2)8(5-7)9(22)6-20-13-11(16)14(18)21-15(19)12(13)17/h3-5,9,22H,6H2,1-2H3,(H,20,21). The van der Waals surface area contributed by atoms with Crippen LogP contribution in [0.4, 0.5) is 23.2 Å². The molecule has 0 saturated heterocycles. The smallest absolute Gasteiger partial charge is 0.253 e. The molecule has 0 aliphatic heterocycles. The van der Waals surface area contributed by atoms with Crippen LogP contribution >= 0.6 is 0 Å². The van der Waals surface area contributed by atoms with E-state index in [9.17, 15) is 22.7 Å². The third kappa shape index (κ3) is 3.51. The van der Waals surface area contributed by atoms with Crippen molar-refractivity contribution >= 4 is 5.69 Å². The Bertz CT molecular complexity index is 717. The molecule has 1 atom stereocenters. The normalized spacial score (nSPS) is 12.0. The predicted octanol–water partition coefficient (Wildman–Crippen LogP) is 2.80. The highest BCUT2D eigenvalue weighted by molar-refractivity contribution is 5.47. The van der Waals surface area contributed by atoms with Crippen molar-refractivity contribution in [2.24, 2.45) is 0 Å². The fourth-order valence-electron chi connectivity index (χ4n) is 2.05. The van der Waals surface area contributed by atoms with Gasteiger partial charge in [0.25, 0.3) is 11.9 Å². The molecule has 5 nitrogen and oxygen atoms in total. The van der Waals surface area contributed by atoms with Crippen molar-refractivity contribution < 1.29 is 32.1 Å². The third-order valence-electron chi connectivity index (χ3n) is 3.27. The van der Waals surface area contributed by atoms with Crippen LogP contribution in [0.5, 0.6) is 11.5 Å². The molecule has 1 aromatic heterocycles. The summed E-state index contributed by atoms with van der Waals surface area (Å²) in [5.41, 5.74) is -0.791. The average molecular weight is 346 g/mol. The van der Waals surface area contributed by atoms with Gasteiger partial charge in [0.2, 0.25) is 11.6 Å². The van der Waals surface area contributed by atoms with Crippen molar-refractivity contribution in [3.63, 3.8) is 0 Å². The van der Waals surface area contributed by atoms with Crippen molar-refractivity contribution in [3.05, 3.63) is 47.3 Å². The number of aromatic nitrogens is 1. The van der Waals surface area contributed by atoms with Crippen molar-refractivity contribution in [1.82, 2.24) is 4.98 Å². The van der Waals surface area contributed by atoms with Gasteiger partial charge in [-0.1, -0.05) is 0 Å². The minimum Gasteiger partial charge on any atom is -0.497 e. The minimum atomic E-state index is -1.79. The van der Waals surface area contributed by atoms with Gasteiger partial charge in [-0.25, -0.2) is 0 Å². The predicted molar refractivity (Wildman–Crippen MR) is 77.1 cm³/mol. The molecule has 1 heterocycles. The molecule has 0 aliphatic rings. The van der Waals surface area contributed by atoms with E-state index < -0.39 is 41.9 Å². The highest BCUT2D eigenvalue weighted by Gasteiger charge is 2.22. The van der Waals surface area contributed by atoms with Crippen LogP contribution in [-0.2, 0) is 0 Å². The SMILES string of the molecule is COc1ccc(OC)c(C(O)CNc2c(F)c(F)nc(F)c2F)c1. The molecule has 2 N–H and O–H groups in total. The molecule has 9 heteroatoms. The lowest BCUT2D eigenvalue weighted by atomic mass is 10.1. The maximum absolute atomic E-state index is 13.5. The van der Waals surface area contributed by atoms with Gasteiger partial charge in [-0.2, -0.15) is 22.5 Å². The van der Waals surface area contributed by atoms with E-state index in [0.717, 1.165) is 0 Å². The first kappa shape index (κ1) is 17.8. The summed E-state index contributed by atoms with van der Waals surface area (Å²) in [5, 5.41) is 12.3. The first-order chi connectivity index (χ1) is 11.4. The molecule has 1 unspecified atom stereocenters. The Morgan fingerprint density at radius 1 is 1.08 bits per heavy atom. The van der Waals surface area contributed by atoms with Crippen LogP contribution < -0.4 is 14.8 Å². The van der Waals surface area contributed by atoms with Crippen molar-refractivity contribution in [3.8, 4) is 11.5 Å². The fraction of sp³-hybridized carbons (Fsp3) is 0.267. The van der Waals surface area contributed by atoms with E-state index in [0.29, 0.717) is 11.5 Å². The van der Waals surface area contributed by atoms with Crippen LogP contribution in [0.3, 0.4) is 0 Å². The molecule has 2 rings (SSSR count). The minimum absolute atomic E-state index is 0.264. The Morgan fingerprint density at radius 2 is 1.71 bits per heavy atom. The van der Waals surface area contributed by atoms with E-state index in [4.69, 9.17) is 9.47 Å². The second-order valence-electron chi connectivity index (χ2n) is 4.70. The van der Waals surface area contributed by atoms with Crippen LogP contribution in [-0.4, -0.2) is 30.9 Å². The molecule has 2 aromatic rings. The maximum atomic E-state index is 13.5. The Kier molecular flexibility index (Phi) is 5.45. The summed E-state index contributed by atoms with van der Waals surface area (Å²) in [6, 6.07) is 4.59. The zero-order valence-electron chi connectivity index (χ0n) is 12.7. The maximum Gasteiger partial charge on any atom is 0.253 e. The van der Waals surface area contributed by atoms with Gasteiger partial charge in [-0.3, -0.25) is 0 Å². The van der Waals surface area contributed by atoms with Gasteiger partial charge in [0.1, 0.15) is 17.2 Å². The van der Waals surface area contributed by atoms with Crippen LogP contribution in [0.1, 0.15) is 11.7 Å². The molecule has 0 amide bonds. The molecule has 0 radical (unpaired) electrons. The number of halogens is 4. The molecular weight excluding hydrogens is 332 g/mol. The Balaban J connectivity index is 2.24. The number of rotatable bonds is 6. The summed E-state index contributed by atoms with van der Waals surface area (Å²) >= 11 is 0. The number of methoxy groups -OCH3 is 2. The zero-order chi connectivity index (χ0) is 17.9. The first-order valence-electron chi connectivity index (χ1n) is 6.72. The van der Waals surface area contributed by atoms with Gasteiger partial charge in [0, 0.05) is 12.1 Å². The van der Waals surface area contributed by atoms with E-state index in [1.165, 1.54) is 26.4 Å². The summed E-state index contributed by atoms with van der Waals surface area (Å²) in [6.07, 6.45) is -1.30. The van der Waals surface area contributed by atoms with Gasteiger partial charge in [0.05, 0.1) is 20.3 Å². The number of ether oxygens (including phenoxy) is 2. The second-order valence-corrected chi connectivity index (χ2v) is 4.70. The largest absolute Gasteiger partial charge is 0.497 e. The Labute approximate surface area is 134 Å². The average Bonchev–Trinajstić information content (AvgIpc) is 2.59. The van der Waals surface area contributed by atoms with Gasteiger partial charge >= 0.3 is 0 Å². The number of benzene rings is 1. The summed E-state index contributed by atoms with van der Waals surface area (Å²) < 4.78 is 63.3. The Morgan fingerprint density at radius 3 is 2.25 bits per heavy atom. The lowest BCUT2D eigenvalue weighted by Gasteiger charge is -2.17.